The number of fused-ring (bicyclic) bond motifs is 1. The highest BCUT2D eigenvalue weighted by Crippen LogP contribution is 2.33. The van der Waals surface area contributed by atoms with E-state index in [0.29, 0.717) is 13.0 Å². The number of carbonyl (C=O) groups is 2. The smallest absolute Gasteiger partial charge is 0.242 e. The van der Waals surface area contributed by atoms with Crippen LogP contribution in [0.1, 0.15) is 49.9 Å². The van der Waals surface area contributed by atoms with Gasteiger partial charge in [-0.3, -0.25) is 9.59 Å². The third-order valence-corrected chi connectivity index (χ3v) is 6.90. The number of hydrogen-bond acceptors (Lipinski definition) is 3. The zero-order chi connectivity index (χ0) is 22.2. The summed E-state index contributed by atoms with van der Waals surface area (Å²) in [5.41, 5.74) is 3.90. The Morgan fingerprint density at radius 3 is 2.78 bits per heavy atom. The van der Waals surface area contributed by atoms with Gasteiger partial charge in [0.05, 0.1) is 11.0 Å². The molecule has 32 heavy (non-hydrogen) atoms. The summed E-state index contributed by atoms with van der Waals surface area (Å²) < 4.78 is 2.05. The molecule has 0 spiro atoms. The summed E-state index contributed by atoms with van der Waals surface area (Å²) in [4.78, 5) is 35.0. The van der Waals surface area contributed by atoms with Crippen molar-refractivity contribution >= 4 is 28.5 Å². The minimum atomic E-state index is -0.0398. The predicted octanol–water partition coefficient (Wildman–Crippen LogP) is 4.27. The number of aryl methyl sites for hydroxylation is 1. The van der Waals surface area contributed by atoms with Crippen molar-refractivity contribution in [1.29, 1.82) is 0 Å². The molecule has 0 saturated carbocycles. The lowest BCUT2D eigenvalue weighted by molar-refractivity contribution is -0.135. The maximum absolute atomic E-state index is 13.3. The molecule has 6 heteroatoms. The minimum absolute atomic E-state index is 0.0398. The number of carbonyl (C=O) groups excluding carboxylic acids is 2. The molecule has 0 radical (unpaired) electrons. The van der Waals surface area contributed by atoms with Crippen molar-refractivity contribution in [3.8, 4) is 0 Å². The van der Waals surface area contributed by atoms with E-state index in [1.165, 1.54) is 6.42 Å². The maximum atomic E-state index is 13.3. The summed E-state index contributed by atoms with van der Waals surface area (Å²) in [7, 11) is 0. The van der Waals surface area contributed by atoms with Crippen molar-refractivity contribution in [2.24, 2.45) is 0 Å². The first-order chi connectivity index (χ1) is 15.5. The molecule has 2 aliphatic heterocycles. The van der Waals surface area contributed by atoms with Crippen LogP contribution in [0.15, 0.2) is 48.5 Å². The van der Waals surface area contributed by atoms with Gasteiger partial charge in [-0.05, 0) is 62.9 Å². The largest absolute Gasteiger partial charge is 0.338 e. The Bertz CT molecular complexity index is 1170. The normalized spacial score (nSPS) is 21.5. The minimum Gasteiger partial charge on any atom is -0.338 e. The van der Waals surface area contributed by atoms with E-state index in [9.17, 15) is 9.59 Å². The van der Waals surface area contributed by atoms with Gasteiger partial charge in [0.15, 0.2) is 0 Å². The molecule has 0 N–H and O–H groups in total. The summed E-state index contributed by atoms with van der Waals surface area (Å²) in [6, 6.07) is 16.3. The van der Waals surface area contributed by atoms with Gasteiger partial charge in [0, 0.05) is 37.2 Å². The number of likely N-dealkylation sites (tertiary alicyclic amines) is 1. The number of rotatable bonds is 4. The second kappa shape index (κ2) is 8.41. The van der Waals surface area contributed by atoms with Crippen LogP contribution in [-0.4, -0.2) is 45.4 Å². The molecular weight excluding hydrogens is 400 g/mol. The van der Waals surface area contributed by atoms with Crippen LogP contribution in [0, 0.1) is 6.92 Å². The number of amides is 2. The summed E-state index contributed by atoms with van der Waals surface area (Å²) in [5, 5.41) is 0. The van der Waals surface area contributed by atoms with Gasteiger partial charge in [0.25, 0.3) is 0 Å². The summed E-state index contributed by atoms with van der Waals surface area (Å²) in [6.07, 6.45) is 3.72. The molecule has 2 saturated heterocycles. The third kappa shape index (κ3) is 3.78. The Hall–Kier alpha value is -3.15. The van der Waals surface area contributed by atoms with Crippen molar-refractivity contribution in [2.45, 2.75) is 58.0 Å². The first kappa shape index (κ1) is 20.7. The van der Waals surface area contributed by atoms with Crippen molar-refractivity contribution in [3.05, 3.63) is 59.9 Å². The topological polar surface area (TPSA) is 58.4 Å². The molecule has 1 aromatic heterocycles. The number of para-hydroxylation sites is 2. The summed E-state index contributed by atoms with van der Waals surface area (Å²) in [6.45, 7) is 5.85. The van der Waals surface area contributed by atoms with Crippen molar-refractivity contribution < 1.29 is 9.59 Å². The van der Waals surface area contributed by atoms with Gasteiger partial charge >= 0.3 is 0 Å². The van der Waals surface area contributed by atoms with E-state index in [-0.39, 0.29) is 30.3 Å². The number of hydrogen-bond donors (Lipinski definition) is 0. The Morgan fingerprint density at radius 2 is 1.97 bits per heavy atom. The second-order valence-corrected chi connectivity index (χ2v) is 9.22. The molecule has 166 valence electrons. The molecule has 3 aromatic rings. The molecule has 6 nitrogen and oxygen atoms in total. The standard InChI is InChI=1S/C26H30N4O2/c1-18-8-7-10-21(14-18)29-16-20(15-24(29)31)26-27-22-11-3-4-12-23(22)30(26)17-25(32)28-13-6-5-9-19(28)2/h3-4,7-8,10-12,14,19-20H,5-6,9,13,15-17H2,1-2H3. The zero-order valence-corrected chi connectivity index (χ0v) is 18.8. The third-order valence-electron chi connectivity index (χ3n) is 6.90. The van der Waals surface area contributed by atoms with Gasteiger partial charge in [0.1, 0.15) is 12.4 Å². The Kier molecular flexibility index (Phi) is 5.45. The Balaban J connectivity index is 1.46. The van der Waals surface area contributed by atoms with Gasteiger partial charge in [0.2, 0.25) is 11.8 Å². The number of nitrogens with zero attached hydrogens (tertiary/aromatic N) is 4. The van der Waals surface area contributed by atoms with E-state index >= 15 is 0 Å². The maximum Gasteiger partial charge on any atom is 0.242 e. The van der Waals surface area contributed by atoms with Crippen molar-refractivity contribution in [3.63, 3.8) is 0 Å². The molecule has 2 unspecified atom stereocenters. The van der Waals surface area contributed by atoms with Crippen LogP contribution in [0.4, 0.5) is 5.69 Å². The van der Waals surface area contributed by atoms with E-state index in [4.69, 9.17) is 4.98 Å². The fourth-order valence-corrected chi connectivity index (χ4v) is 5.19. The van der Waals surface area contributed by atoms with Gasteiger partial charge in [-0.25, -0.2) is 4.98 Å². The lowest BCUT2D eigenvalue weighted by Gasteiger charge is -2.33. The highest BCUT2D eigenvalue weighted by molar-refractivity contribution is 5.96. The molecule has 0 aliphatic carbocycles. The van der Waals surface area contributed by atoms with Crippen molar-refractivity contribution in [1.82, 2.24) is 14.5 Å². The molecule has 3 heterocycles. The average molecular weight is 431 g/mol. The molecule has 0 bridgehead atoms. The molecule has 2 aromatic carbocycles. The van der Waals surface area contributed by atoms with Crippen LogP contribution >= 0.6 is 0 Å². The predicted molar refractivity (Wildman–Crippen MR) is 126 cm³/mol. The lowest BCUT2D eigenvalue weighted by Crippen LogP contribution is -2.43. The van der Waals surface area contributed by atoms with Gasteiger partial charge in [-0.15, -0.1) is 0 Å². The van der Waals surface area contributed by atoms with Crippen LogP contribution in [0.5, 0.6) is 0 Å². The highest BCUT2D eigenvalue weighted by Gasteiger charge is 2.35. The Labute approximate surface area is 188 Å². The first-order valence-electron chi connectivity index (χ1n) is 11.6. The Morgan fingerprint density at radius 1 is 1.12 bits per heavy atom. The molecular formula is C26H30N4O2. The van der Waals surface area contributed by atoms with Crippen LogP contribution in [-0.2, 0) is 16.1 Å². The van der Waals surface area contributed by atoms with E-state index in [1.807, 2.05) is 65.3 Å². The monoisotopic (exact) mass is 430 g/mol. The van der Waals surface area contributed by atoms with Crippen LogP contribution < -0.4 is 4.90 Å². The molecule has 2 atom stereocenters. The van der Waals surface area contributed by atoms with Crippen LogP contribution in [0.2, 0.25) is 0 Å². The second-order valence-electron chi connectivity index (χ2n) is 9.22. The van der Waals surface area contributed by atoms with Gasteiger partial charge < -0.3 is 14.4 Å². The first-order valence-corrected chi connectivity index (χ1v) is 11.6. The number of aromatic nitrogens is 2. The molecule has 2 fully saturated rings. The fourth-order valence-electron chi connectivity index (χ4n) is 5.19. The number of piperidine rings is 1. The number of imidazole rings is 1. The van der Waals surface area contributed by atoms with E-state index < -0.39 is 0 Å². The quantitative estimate of drug-likeness (QED) is 0.621. The van der Waals surface area contributed by atoms with Crippen LogP contribution in [0.25, 0.3) is 11.0 Å². The summed E-state index contributed by atoms with van der Waals surface area (Å²) in [5.74, 6) is 1.05. The van der Waals surface area contributed by atoms with E-state index in [1.54, 1.807) is 0 Å². The number of benzene rings is 2. The van der Waals surface area contributed by atoms with Crippen LogP contribution in [0.3, 0.4) is 0 Å². The van der Waals surface area contributed by atoms with Gasteiger partial charge in [-0.2, -0.15) is 0 Å². The molecule has 2 amide bonds. The number of anilines is 1. The SMILES string of the molecule is Cc1cccc(N2CC(c3nc4ccccc4n3CC(=O)N3CCCCC3C)CC2=O)c1. The van der Waals surface area contributed by atoms with E-state index in [2.05, 4.69) is 11.5 Å². The zero-order valence-electron chi connectivity index (χ0n) is 18.8. The highest BCUT2D eigenvalue weighted by atomic mass is 16.2. The molecule has 2 aliphatic rings. The van der Waals surface area contributed by atoms with Crippen molar-refractivity contribution in [2.75, 3.05) is 18.0 Å². The lowest BCUT2D eigenvalue weighted by atomic mass is 10.0. The van der Waals surface area contributed by atoms with Gasteiger partial charge in [-0.1, -0.05) is 24.3 Å². The van der Waals surface area contributed by atoms with E-state index in [0.717, 1.165) is 47.5 Å². The average Bonchev–Trinajstić information content (AvgIpc) is 3.35. The molecule has 5 rings (SSSR count). The fraction of sp³-hybridized carbons (Fsp3) is 0.423. The summed E-state index contributed by atoms with van der Waals surface area (Å²) >= 11 is 0.